The lowest BCUT2D eigenvalue weighted by molar-refractivity contribution is -0.145. The number of urea groups is 1. The van der Waals surface area contributed by atoms with Gasteiger partial charge in [0.2, 0.25) is 0 Å². The van der Waals surface area contributed by atoms with Gasteiger partial charge in [0.05, 0.1) is 0 Å². The van der Waals surface area contributed by atoms with Gasteiger partial charge < -0.3 is 19.5 Å². The molecule has 1 aliphatic heterocycles. The lowest BCUT2D eigenvalue weighted by Gasteiger charge is -2.26. The second-order valence-corrected chi connectivity index (χ2v) is 5.61. The summed E-state index contributed by atoms with van der Waals surface area (Å²) >= 11 is 0. The zero-order chi connectivity index (χ0) is 16.8. The fourth-order valence-electron chi connectivity index (χ4n) is 2.49. The van der Waals surface area contributed by atoms with Gasteiger partial charge in [-0.1, -0.05) is 35.5 Å². The van der Waals surface area contributed by atoms with Crippen molar-refractivity contribution in [2.24, 2.45) is 0 Å². The Morgan fingerprint density at radius 2 is 2.17 bits per heavy atom. The van der Waals surface area contributed by atoms with E-state index in [-0.39, 0.29) is 19.2 Å². The predicted molar refractivity (Wildman–Crippen MR) is 85.1 cm³/mol. The van der Waals surface area contributed by atoms with Crippen LogP contribution < -0.4 is 5.32 Å². The summed E-state index contributed by atoms with van der Waals surface area (Å²) in [5.41, 5.74) is 1.67. The first-order valence-electron chi connectivity index (χ1n) is 7.87. The maximum Gasteiger partial charge on any atom is 0.326 e. The molecule has 24 heavy (non-hydrogen) atoms. The molecule has 1 fully saturated rings. The van der Waals surface area contributed by atoms with E-state index in [0.717, 1.165) is 12.0 Å². The van der Waals surface area contributed by atoms with Crippen LogP contribution in [0.4, 0.5) is 4.79 Å². The molecule has 1 aromatic carbocycles. The number of ether oxygens (including phenoxy) is 1. The summed E-state index contributed by atoms with van der Waals surface area (Å²) in [6.45, 7) is 1.19. The van der Waals surface area contributed by atoms with Crippen LogP contribution in [0.1, 0.15) is 23.4 Å². The van der Waals surface area contributed by atoms with Gasteiger partial charge >= 0.3 is 12.0 Å². The lowest BCUT2D eigenvalue weighted by Crippen LogP contribution is -2.48. The van der Waals surface area contributed by atoms with Crippen LogP contribution in [0.2, 0.25) is 0 Å². The van der Waals surface area contributed by atoms with Gasteiger partial charge in [0.25, 0.3) is 0 Å². The highest BCUT2D eigenvalue weighted by atomic mass is 16.5. The van der Waals surface area contributed by atoms with E-state index in [4.69, 9.17) is 9.26 Å². The van der Waals surface area contributed by atoms with Gasteiger partial charge in [-0.15, -0.1) is 0 Å². The molecule has 3 rings (SSSR count). The molecule has 0 saturated carbocycles. The first kappa shape index (κ1) is 16.0. The molecule has 1 aromatic heterocycles. The topological polar surface area (TPSA) is 84.7 Å². The van der Waals surface area contributed by atoms with Crippen molar-refractivity contribution in [2.75, 3.05) is 19.6 Å². The van der Waals surface area contributed by atoms with Gasteiger partial charge in [-0.05, 0) is 12.0 Å². The Balaban J connectivity index is 1.46. The highest BCUT2D eigenvalue weighted by Crippen LogP contribution is 2.11. The molecule has 126 valence electrons. The molecule has 7 nitrogen and oxygen atoms in total. The fraction of sp³-hybridized carbons (Fsp3) is 0.353. The predicted octanol–water partition coefficient (Wildman–Crippen LogP) is 1.72. The number of rotatable bonds is 6. The van der Waals surface area contributed by atoms with Gasteiger partial charge in [-0.2, -0.15) is 0 Å². The van der Waals surface area contributed by atoms with Crippen LogP contribution in [0.15, 0.2) is 40.9 Å². The maximum absolute atomic E-state index is 11.8. The second-order valence-electron chi connectivity index (χ2n) is 5.61. The third kappa shape index (κ3) is 4.34. The second kappa shape index (κ2) is 7.63. The zero-order valence-corrected chi connectivity index (χ0v) is 13.2. The van der Waals surface area contributed by atoms with Crippen molar-refractivity contribution in [3.63, 3.8) is 0 Å². The van der Waals surface area contributed by atoms with Gasteiger partial charge in [0, 0.05) is 25.6 Å². The minimum Gasteiger partial charge on any atom is -0.458 e. The third-order valence-electron chi connectivity index (χ3n) is 3.70. The molecule has 7 heteroatoms. The van der Waals surface area contributed by atoms with E-state index in [2.05, 4.69) is 10.5 Å². The summed E-state index contributed by atoms with van der Waals surface area (Å²) in [4.78, 5) is 24.8. The van der Waals surface area contributed by atoms with Crippen molar-refractivity contribution in [1.82, 2.24) is 15.4 Å². The van der Waals surface area contributed by atoms with Crippen molar-refractivity contribution < 1.29 is 18.8 Å². The van der Waals surface area contributed by atoms with E-state index in [9.17, 15) is 9.59 Å². The molecule has 0 aliphatic carbocycles. The monoisotopic (exact) mass is 329 g/mol. The number of nitrogens with one attached hydrogen (secondary N) is 1. The number of nitrogens with zero attached hydrogens (tertiary/aromatic N) is 2. The largest absolute Gasteiger partial charge is 0.458 e. The Morgan fingerprint density at radius 1 is 1.33 bits per heavy atom. The molecule has 0 spiro atoms. The van der Waals surface area contributed by atoms with E-state index in [1.54, 1.807) is 6.07 Å². The molecular weight excluding hydrogens is 310 g/mol. The van der Waals surface area contributed by atoms with Crippen molar-refractivity contribution >= 4 is 12.0 Å². The van der Waals surface area contributed by atoms with Crippen LogP contribution in [-0.4, -0.2) is 41.7 Å². The molecule has 0 bridgehead atoms. The first-order chi connectivity index (χ1) is 11.7. The maximum atomic E-state index is 11.8. The smallest absolute Gasteiger partial charge is 0.326 e. The number of hydrogen-bond acceptors (Lipinski definition) is 5. The first-order valence-corrected chi connectivity index (χ1v) is 7.87. The highest BCUT2D eigenvalue weighted by Gasteiger charge is 2.21. The van der Waals surface area contributed by atoms with Crippen molar-refractivity contribution in [2.45, 2.75) is 19.4 Å². The number of carbonyl (C=O) groups is 2. The summed E-state index contributed by atoms with van der Waals surface area (Å²) in [6.07, 6.45) is 1.46. The highest BCUT2D eigenvalue weighted by molar-refractivity contribution is 5.81. The fourth-order valence-corrected chi connectivity index (χ4v) is 2.49. The summed E-state index contributed by atoms with van der Waals surface area (Å²) in [6, 6.07) is 11.4. The number of aromatic nitrogens is 1. The van der Waals surface area contributed by atoms with Crippen LogP contribution in [0.25, 0.3) is 0 Å². The molecule has 2 heterocycles. The average Bonchev–Trinajstić information content (AvgIpc) is 3.03. The summed E-state index contributed by atoms with van der Waals surface area (Å²) < 4.78 is 10.4. The van der Waals surface area contributed by atoms with Crippen LogP contribution in [0.5, 0.6) is 0 Å². The Morgan fingerprint density at radius 3 is 2.96 bits per heavy atom. The van der Waals surface area contributed by atoms with E-state index in [0.29, 0.717) is 31.0 Å². The van der Waals surface area contributed by atoms with E-state index >= 15 is 0 Å². The minimum atomic E-state index is -0.459. The molecule has 0 radical (unpaired) electrons. The summed E-state index contributed by atoms with van der Waals surface area (Å²) in [7, 11) is 0. The Labute approximate surface area is 139 Å². The number of benzene rings is 1. The molecule has 1 saturated heterocycles. The van der Waals surface area contributed by atoms with Crippen LogP contribution in [0.3, 0.4) is 0 Å². The van der Waals surface area contributed by atoms with Crippen molar-refractivity contribution in [1.29, 1.82) is 0 Å². The molecule has 0 atom stereocenters. The van der Waals surface area contributed by atoms with Gasteiger partial charge in [0.15, 0.2) is 0 Å². The van der Waals surface area contributed by atoms with Crippen LogP contribution >= 0.6 is 0 Å². The van der Waals surface area contributed by atoms with Gasteiger partial charge in [0.1, 0.15) is 24.6 Å². The number of amides is 2. The van der Waals surface area contributed by atoms with Crippen LogP contribution in [-0.2, 0) is 22.6 Å². The zero-order valence-electron chi connectivity index (χ0n) is 13.2. The Hall–Kier alpha value is -2.83. The molecule has 1 N–H and O–H groups in total. The van der Waals surface area contributed by atoms with Crippen molar-refractivity contribution in [3.05, 3.63) is 53.4 Å². The van der Waals surface area contributed by atoms with E-state index in [1.807, 2.05) is 30.3 Å². The normalized spacial score (nSPS) is 14.3. The van der Waals surface area contributed by atoms with Crippen LogP contribution in [0, 0.1) is 0 Å². The summed E-state index contributed by atoms with van der Waals surface area (Å²) in [5, 5.41) is 6.59. The molecule has 2 amide bonds. The van der Waals surface area contributed by atoms with E-state index < -0.39 is 5.97 Å². The number of hydrogen-bond donors (Lipinski definition) is 1. The molecule has 1 aliphatic rings. The van der Waals surface area contributed by atoms with Gasteiger partial charge in [-0.3, -0.25) is 4.79 Å². The molecule has 2 aromatic rings. The number of carbonyl (C=O) groups excluding carboxylic acids is 2. The Bertz CT molecular complexity index is 699. The molecule has 0 unspecified atom stereocenters. The third-order valence-corrected chi connectivity index (χ3v) is 3.70. The number of esters is 1. The minimum absolute atomic E-state index is 0.0343. The van der Waals surface area contributed by atoms with E-state index in [1.165, 1.54) is 4.90 Å². The SMILES string of the molecule is O=C(CN1CCCNC1=O)OCc1cc(Cc2ccccc2)on1. The quantitative estimate of drug-likeness (QED) is 0.816. The molecular formula is C17H19N3O4. The Kier molecular flexibility index (Phi) is 5.10. The lowest BCUT2D eigenvalue weighted by atomic mass is 10.1. The standard InChI is InChI=1S/C17H19N3O4/c21-16(11-20-8-4-7-18-17(20)22)23-12-14-10-15(24-19-14)9-13-5-2-1-3-6-13/h1-3,5-6,10H,4,7-9,11-12H2,(H,18,22). The van der Waals surface area contributed by atoms with Gasteiger partial charge in [-0.25, -0.2) is 4.79 Å². The van der Waals surface area contributed by atoms with Crippen molar-refractivity contribution in [3.8, 4) is 0 Å². The average molecular weight is 329 g/mol. The summed E-state index contributed by atoms with van der Waals surface area (Å²) in [5.74, 6) is 0.252.